The number of carboxylic acids is 1. The van der Waals surface area contributed by atoms with Gasteiger partial charge in [0.1, 0.15) is 6.04 Å². The van der Waals surface area contributed by atoms with Gasteiger partial charge in [0.25, 0.3) is 0 Å². The number of hydrogen-bond donors (Lipinski definition) is 4. The lowest BCUT2D eigenvalue weighted by Gasteiger charge is -2.41. The fourth-order valence-corrected chi connectivity index (χ4v) is 2.21. The third-order valence-corrected chi connectivity index (χ3v) is 3.80. The molecule has 0 aromatic rings. The van der Waals surface area contributed by atoms with Gasteiger partial charge in [0.05, 0.1) is 6.42 Å². The maximum absolute atomic E-state index is 11.6. The van der Waals surface area contributed by atoms with E-state index < -0.39 is 30.4 Å². The van der Waals surface area contributed by atoms with E-state index in [1.807, 2.05) is 0 Å². The number of primary amides is 1. The van der Waals surface area contributed by atoms with Gasteiger partial charge in [0, 0.05) is 6.54 Å². The van der Waals surface area contributed by atoms with Crippen LogP contribution >= 0.6 is 0 Å². The van der Waals surface area contributed by atoms with Crippen LogP contribution in [-0.2, 0) is 9.59 Å². The highest BCUT2D eigenvalue weighted by Gasteiger charge is 2.35. The van der Waals surface area contributed by atoms with E-state index in [0.29, 0.717) is 6.54 Å². The number of carboxylic acid groups (broad SMARTS) is 1. The highest BCUT2D eigenvalue weighted by molar-refractivity contribution is 5.87. The normalized spacial score (nSPS) is 17.9. The van der Waals surface area contributed by atoms with Crippen LogP contribution in [0.5, 0.6) is 0 Å². The number of amides is 3. The second-order valence-electron chi connectivity index (χ2n) is 5.10. The fourth-order valence-electron chi connectivity index (χ4n) is 2.21. The quantitative estimate of drug-likeness (QED) is 0.528. The monoisotopic (exact) mass is 271 g/mol. The Morgan fingerprint density at radius 1 is 1.37 bits per heavy atom. The van der Waals surface area contributed by atoms with Gasteiger partial charge in [-0.05, 0) is 24.7 Å². The van der Waals surface area contributed by atoms with Gasteiger partial charge in [-0.3, -0.25) is 4.79 Å². The van der Waals surface area contributed by atoms with E-state index in [0.717, 1.165) is 25.7 Å². The molecule has 19 heavy (non-hydrogen) atoms. The lowest BCUT2D eigenvalue weighted by Crippen LogP contribution is -2.50. The van der Waals surface area contributed by atoms with Crippen molar-refractivity contribution in [3.8, 4) is 0 Å². The molecule has 0 unspecified atom stereocenters. The van der Waals surface area contributed by atoms with Crippen LogP contribution < -0.4 is 16.4 Å². The summed E-state index contributed by atoms with van der Waals surface area (Å²) >= 11 is 0. The summed E-state index contributed by atoms with van der Waals surface area (Å²) in [5, 5.41) is 13.8. The Bertz CT molecular complexity index is 360. The summed E-state index contributed by atoms with van der Waals surface area (Å²) in [6.07, 6.45) is 3.88. The van der Waals surface area contributed by atoms with Crippen LogP contribution in [0.2, 0.25) is 0 Å². The third-order valence-electron chi connectivity index (χ3n) is 3.80. The molecular formula is C12H21N3O4. The van der Waals surface area contributed by atoms with Crippen molar-refractivity contribution in [2.45, 2.75) is 45.1 Å². The minimum atomic E-state index is -1.28. The van der Waals surface area contributed by atoms with Crippen LogP contribution in [0.15, 0.2) is 0 Å². The Balaban J connectivity index is 2.40. The van der Waals surface area contributed by atoms with Crippen molar-refractivity contribution in [3.05, 3.63) is 0 Å². The molecule has 1 saturated carbocycles. The average molecular weight is 271 g/mol. The maximum atomic E-state index is 11.6. The molecule has 0 saturated heterocycles. The van der Waals surface area contributed by atoms with Crippen molar-refractivity contribution in [2.75, 3.05) is 6.54 Å². The summed E-state index contributed by atoms with van der Waals surface area (Å²) in [5.74, 6) is -2.04. The van der Waals surface area contributed by atoms with Crippen LogP contribution in [-0.4, -0.2) is 35.6 Å². The van der Waals surface area contributed by atoms with E-state index in [9.17, 15) is 14.4 Å². The zero-order chi connectivity index (χ0) is 14.5. The van der Waals surface area contributed by atoms with Crippen LogP contribution in [0.1, 0.15) is 39.0 Å². The number of rotatable bonds is 7. The second kappa shape index (κ2) is 6.40. The highest BCUT2D eigenvalue weighted by Crippen LogP contribution is 2.42. The van der Waals surface area contributed by atoms with Crippen molar-refractivity contribution in [1.29, 1.82) is 0 Å². The summed E-state index contributed by atoms with van der Waals surface area (Å²) in [5.41, 5.74) is 5.08. The van der Waals surface area contributed by atoms with E-state index in [1.54, 1.807) is 0 Å². The molecule has 0 bridgehead atoms. The molecule has 1 rings (SSSR count). The smallest absolute Gasteiger partial charge is 0.326 e. The predicted molar refractivity (Wildman–Crippen MR) is 68.3 cm³/mol. The Morgan fingerprint density at radius 2 is 2.00 bits per heavy atom. The molecule has 0 aromatic heterocycles. The predicted octanol–water partition coefficient (Wildman–Crippen LogP) is 0.195. The Hall–Kier alpha value is -1.79. The second-order valence-corrected chi connectivity index (χ2v) is 5.10. The Kier molecular flexibility index (Phi) is 5.14. The summed E-state index contributed by atoms with van der Waals surface area (Å²) in [6, 6.07) is -1.86. The number of urea groups is 1. The maximum Gasteiger partial charge on any atom is 0.326 e. The number of nitrogens with two attached hydrogens (primary N) is 1. The minimum absolute atomic E-state index is 0.153. The molecule has 0 aromatic carbocycles. The van der Waals surface area contributed by atoms with Crippen LogP contribution in [0.25, 0.3) is 0 Å². The molecule has 0 aliphatic heterocycles. The van der Waals surface area contributed by atoms with Crippen LogP contribution in [0.3, 0.4) is 0 Å². The topological polar surface area (TPSA) is 122 Å². The summed E-state index contributed by atoms with van der Waals surface area (Å²) in [6.45, 7) is 2.60. The first kappa shape index (κ1) is 15.3. The molecule has 3 amide bonds. The number of nitrogens with one attached hydrogen (secondary N) is 2. The molecule has 1 aliphatic carbocycles. The van der Waals surface area contributed by atoms with Gasteiger partial charge in [0.15, 0.2) is 0 Å². The van der Waals surface area contributed by atoms with Gasteiger partial charge < -0.3 is 21.5 Å². The first-order valence-corrected chi connectivity index (χ1v) is 6.44. The fraction of sp³-hybridized carbons (Fsp3) is 0.750. The van der Waals surface area contributed by atoms with Gasteiger partial charge >= 0.3 is 12.0 Å². The van der Waals surface area contributed by atoms with Crippen LogP contribution in [0, 0.1) is 5.41 Å². The van der Waals surface area contributed by atoms with E-state index in [4.69, 9.17) is 10.8 Å². The molecular weight excluding hydrogens is 250 g/mol. The van der Waals surface area contributed by atoms with Crippen molar-refractivity contribution in [2.24, 2.45) is 11.1 Å². The van der Waals surface area contributed by atoms with E-state index >= 15 is 0 Å². The van der Waals surface area contributed by atoms with Crippen molar-refractivity contribution in [1.82, 2.24) is 10.6 Å². The summed E-state index contributed by atoms with van der Waals surface area (Å²) in [7, 11) is 0. The zero-order valence-corrected chi connectivity index (χ0v) is 11.1. The van der Waals surface area contributed by atoms with Crippen molar-refractivity contribution < 1.29 is 19.5 Å². The molecule has 1 aliphatic rings. The van der Waals surface area contributed by atoms with Gasteiger partial charge in [-0.15, -0.1) is 0 Å². The van der Waals surface area contributed by atoms with Gasteiger partial charge in [0.2, 0.25) is 5.91 Å². The van der Waals surface area contributed by atoms with Gasteiger partial charge in [-0.1, -0.05) is 13.3 Å². The highest BCUT2D eigenvalue weighted by atomic mass is 16.4. The summed E-state index contributed by atoms with van der Waals surface area (Å²) in [4.78, 5) is 33.2. The first-order chi connectivity index (χ1) is 8.88. The number of hydrogen-bond acceptors (Lipinski definition) is 3. The van der Waals surface area contributed by atoms with Crippen LogP contribution in [0.4, 0.5) is 4.79 Å². The Labute approximate surface area is 111 Å². The number of aliphatic carboxylic acids is 1. The van der Waals surface area contributed by atoms with E-state index in [-0.39, 0.29) is 5.41 Å². The summed E-state index contributed by atoms with van der Waals surface area (Å²) < 4.78 is 0. The van der Waals surface area contributed by atoms with E-state index in [1.165, 1.54) is 0 Å². The third kappa shape index (κ3) is 4.42. The van der Waals surface area contributed by atoms with Gasteiger partial charge in [-0.2, -0.15) is 0 Å². The molecule has 0 spiro atoms. The molecule has 1 atom stereocenters. The molecule has 1 fully saturated rings. The number of carbonyl (C=O) groups excluding carboxylic acids is 2. The lowest BCUT2D eigenvalue weighted by molar-refractivity contribution is -0.140. The van der Waals surface area contributed by atoms with Gasteiger partial charge in [-0.25, -0.2) is 9.59 Å². The molecule has 0 heterocycles. The molecule has 5 N–H and O–H groups in total. The first-order valence-electron chi connectivity index (χ1n) is 6.44. The SMILES string of the molecule is CCC1(CNC(=O)N[C@H](CC(N)=O)C(=O)O)CCC1. The molecule has 108 valence electrons. The van der Waals surface area contributed by atoms with Crippen molar-refractivity contribution >= 4 is 17.9 Å². The zero-order valence-electron chi connectivity index (χ0n) is 11.1. The standard InChI is InChI=1S/C12H21N3O4/c1-2-12(4-3-5-12)7-14-11(19)15-8(10(17)18)6-9(13)16/h8H,2-7H2,1H3,(H2,13,16)(H,17,18)(H2,14,15,19)/t8-/m1/s1. The largest absolute Gasteiger partial charge is 0.480 e. The number of carbonyl (C=O) groups is 3. The molecule has 7 heteroatoms. The van der Waals surface area contributed by atoms with Crippen molar-refractivity contribution in [3.63, 3.8) is 0 Å². The average Bonchev–Trinajstić information content (AvgIpc) is 2.26. The Morgan fingerprint density at radius 3 is 2.37 bits per heavy atom. The molecule has 7 nitrogen and oxygen atoms in total. The molecule has 0 radical (unpaired) electrons. The minimum Gasteiger partial charge on any atom is -0.480 e. The van der Waals surface area contributed by atoms with E-state index in [2.05, 4.69) is 17.6 Å². The lowest BCUT2D eigenvalue weighted by atomic mass is 9.67.